The van der Waals surface area contributed by atoms with Gasteiger partial charge in [0.1, 0.15) is 9.24 Å². The number of halogens is 5. The van der Waals surface area contributed by atoms with Crippen molar-refractivity contribution < 1.29 is 18.0 Å². The molecule has 1 N–H and O–H groups in total. The lowest BCUT2D eigenvalue weighted by Gasteiger charge is -2.41. The molecule has 2 aromatic rings. The minimum absolute atomic E-state index is 0.145. The van der Waals surface area contributed by atoms with Crippen LogP contribution in [-0.4, -0.2) is 15.5 Å². The molecule has 0 atom stereocenters. The molecule has 0 aliphatic heterocycles. The Kier molecular flexibility index (Phi) is 4.54. The molecule has 1 saturated carbocycles. The predicted molar refractivity (Wildman–Crippen MR) is 91.9 cm³/mol. The molecule has 1 aromatic heterocycles. The minimum Gasteiger partial charge on any atom is -0.323 e. The number of imidazole rings is 1. The number of aromatic nitrogens is 2. The first-order chi connectivity index (χ1) is 11.2. The van der Waals surface area contributed by atoms with Crippen LogP contribution in [-0.2, 0) is 16.5 Å². The third kappa shape index (κ3) is 3.01. The minimum atomic E-state index is -4.48. The van der Waals surface area contributed by atoms with Gasteiger partial charge < -0.3 is 9.88 Å². The van der Waals surface area contributed by atoms with Gasteiger partial charge in [0.2, 0.25) is 0 Å². The Morgan fingerprint density at radius 1 is 1.38 bits per heavy atom. The van der Waals surface area contributed by atoms with Gasteiger partial charge in [-0.05, 0) is 60.1 Å². The fourth-order valence-corrected chi connectivity index (χ4v) is 3.69. The molecule has 0 unspecified atom stereocenters. The van der Waals surface area contributed by atoms with E-state index in [0.29, 0.717) is 12.8 Å². The summed E-state index contributed by atoms with van der Waals surface area (Å²) in [5.74, 6) is -0.300. The Labute approximate surface area is 154 Å². The van der Waals surface area contributed by atoms with Crippen molar-refractivity contribution in [3.63, 3.8) is 0 Å². The van der Waals surface area contributed by atoms with E-state index in [1.165, 1.54) is 6.07 Å². The van der Waals surface area contributed by atoms with Crippen LogP contribution in [0.4, 0.5) is 18.9 Å². The standard InChI is InChI=1S/C15H12ClF3IN3O/c16-10-6-9(15(17,18)19)2-3-11(10)22-13(24)14(4-1-5-14)23-8-21-7-12(23)20/h2-3,6-8H,1,4-5H2,(H,22,24). The van der Waals surface area contributed by atoms with Crippen molar-refractivity contribution in [2.75, 3.05) is 5.32 Å². The molecular formula is C15H12ClF3IN3O. The van der Waals surface area contributed by atoms with E-state index in [2.05, 4.69) is 32.9 Å². The third-order valence-corrected chi connectivity index (χ3v) is 5.31. The first-order valence-electron chi connectivity index (χ1n) is 7.10. The number of carbonyl (C=O) groups is 1. The van der Waals surface area contributed by atoms with E-state index in [0.717, 1.165) is 22.3 Å². The number of carbonyl (C=O) groups excluding carboxylic acids is 1. The van der Waals surface area contributed by atoms with E-state index in [4.69, 9.17) is 11.6 Å². The van der Waals surface area contributed by atoms with Gasteiger partial charge in [0.15, 0.2) is 0 Å². The van der Waals surface area contributed by atoms with Gasteiger partial charge in [-0.25, -0.2) is 4.98 Å². The van der Waals surface area contributed by atoms with E-state index in [1.807, 2.05) is 0 Å². The number of hydrogen-bond acceptors (Lipinski definition) is 2. The molecule has 1 aliphatic carbocycles. The van der Waals surface area contributed by atoms with Gasteiger partial charge in [0.05, 0.1) is 28.8 Å². The molecule has 24 heavy (non-hydrogen) atoms. The second-order valence-electron chi connectivity index (χ2n) is 5.62. The number of nitrogens with one attached hydrogen (secondary N) is 1. The molecule has 1 fully saturated rings. The summed E-state index contributed by atoms with van der Waals surface area (Å²) in [6, 6.07) is 2.88. The Balaban J connectivity index is 1.86. The summed E-state index contributed by atoms with van der Waals surface area (Å²) in [6.45, 7) is 0. The lowest BCUT2D eigenvalue weighted by Crippen LogP contribution is -2.51. The van der Waals surface area contributed by atoms with Crippen molar-refractivity contribution in [1.29, 1.82) is 0 Å². The summed E-state index contributed by atoms with van der Waals surface area (Å²) in [5, 5.41) is 2.51. The largest absolute Gasteiger partial charge is 0.416 e. The molecule has 1 amide bonds. The Morgan fingerprint density at radius 3 is 2.54 bits per heavy atom. The van der Waals surface area contributed by atoms with Gasteiger partial charge in [-0.2, -0.15) is 13.2 Å². The Hall–Kier alpha value is -1.29. The maximum Gasteiger partial charge on any atom is 0.416 e. The summed E-state index contributed by atoms with van der Waals surface area (Å²) >= 11 is 8.00. The molecule has 0 spiro atoms. The maximum absolute atomic E-state index is 12.8. The monoisotopic (exact) mass is 469 g/mol. The van der Waals surface area contributed by atoms with Crippen LogP contribution in [0.2, 0.25) is 5.02 Å². The smallest absolute Gasteiger partial charge is 0.323 e. The molecule has 4 nitrogen and oxygen atoms in total. The number of anilines is 1. The summed E-state index contributed by atoms with van der Waals surface area (Å²) in [7, 11) is 0. The number of hydrogen-bond donors (Lipinski definition) is 1. The lowest BCUT2D eigenvalue weighted by molar-refractivity contribution is -0.137. The van der Waals surface area contributed by atoms with Crippen molar-refractivity contribution in [3.8, 4) is 0 Å². The SMILES string of the molecule is O=C(Nc1ccc(C(F)(F)F)cc1Cl)C1(n2cncc2I)CCC1. The van der Waals surface area contributed by atoms with Crippen LogP contribution in [0.5, 0.6) is 0 Å². The van der Waals surface area contributed by atoms with Crippen LogP contribution >= 0.6 is 34.2 Å². The number of amides is 1. The average Bonchev–Trinajstić information content (AvgIpc) is 2.85. The molecule has 1 aromatic carbocycles. The van der Waals surface area contributed by atoms with Crippen molar-refractivity contribution in [2.24, 2.45) is 0 Å². The first-order valence-corrected chi connectivity index (χ1v) is 8.56. The zero-order chi connectivity index (χ0) is 17.5. The number of benzene rings is 1. The second kappa shape index (κ2) is 6.21. The predicted octanol–water partition coefficient (Wildman–Crippen LogP) is 4.68. The molecule has 3 rings (SSSR count). The lowest BCUT2D eigenvalue weighted by atomic mass is 9.75. The van der Waals surface area contributed by atoms with Gasteiger partial charge in [0.25, 0.3) is 5.91 Å². The molecule has 0 radical (unpaired) electrons. The highest BCUT2D eigenvalue weighted by atomic mass is 127. The quantitative estimate of drug-likeness (QED) is 0.664. The molecule has 0 bridgehead atoms. The zero-order valence-electron chi connectivity index (χ0n) is 12.2. The van der Waals surface area contributed by atoms with Gasteiger partial charge in [0, 0.05) is 0 Å². The summed E-state index contributed by atoms with van der Waals surface area (Å²) < 4.78 is 40.7. The van der Waals surface area contributed by atoms with Crippen molar-refractivity contribution >= 4 is 45.8 Å². The van der Waals surface area contributed by atoms with Crippen molar-refractivity contribution in [1.82, 2.24) is 9.55 Å². The highest BCUT2D eigenvalue weighted by Crippen LogP contribution is 2.42. The van der Waals surface area contributed by atoms with Crippen LogP contribution in [0.25, 0.3) is 0 Å². The van der Waals surface area contributed by atoms with Crippen LogP contribution in [0.15, 0.2) is 30.7 Å². The number of rotatable bonds is 3. The van der Waals surface area contributed by atoms with Crippen molar-refractivity contribution in [3.05, 3.63) is 45.0 Å². The van der Waals surface area contributed by atoms with Crippen LogP contribution < -0.4 is 5.32 Å². The van der Waals surface area contributed by atoms with E-state index in [-0.39, 0.29) is 16.6 Å². The van der Waals surface area contributed by atoms with E-state index < -0.39 is 17.3 Å². The number of nitrogens with zero attached hydrogens (tertiary/aromatic N) is 2. The van der Waals surface area contributed by atoms with E-state index in [9.17, 15) is 18.0 Å². The van der Waals surface area contributed by atoms with Gasteiger partial charge in [-0.3, -0.25) is 4.79 Å². The fraction of sp³-hybridized carbons (Fsp3) is 0.333. The average molecular weight is 470 g/mol. The van der Waals surface area contributed by atoms with Crippen LogP contribution in [0.1, 0.15) is 24.8 Å². The van der Waals surface area contributed by atoms with Gasteiger partial charge in [-0.15, -0.1) is 0 Å². The highest BCUT2D eigenvalue weighted by Gasteiger charge is 2.46. The summed E-state index contributed by atoms with van der Waals surface area (Å²) in [5.41, 5.74) is -1.46. The van der Waals surface area contributed by atoms with Gasteiger partial charge >= 0.3 is 6.18 Å². The first kappa shape index (κ1) is 17.5. The normalized spacial score (nSPS) is 16.5. The fourth-order valence-electron chi connectivity index (χ4n) is 2.71. The zero-order valence-corrected chi connectivity index (χ0v) is 15.1. The highest BCUT2D eigenvalue weighted by molar-refractivity contribution is 14.1. The maximum atomic E-state index is 12.8. The number of alkyl halides is 3. The van der Waals surface area contributed by atoms with Crippen LogP contribution in [0.3, 0.4) is 0 Å². The Bertz CT molecular complexity index is 787. The molecule has 1 aliphatic rings. The summed E-state index contributed by atoms with van der Waals surface area (Å²) in [4.78, 5) is 16.8. The van der Waals surface area contributed by atoms with Crippen LogP contribution in [0, 0.1) is 3.70 Å². The van der Waals surface area contributed by atoms with Gasteiger partial charge in [-0.1, -0.05) is 11.6 Å². The van der Waals surface area contributed by atoms with E-state index in [1.54, 1.807) is 17.1 Å². The molecule has 0 saturated heterocycles. The second-order valence-corrected chi connectivity index (χ2v) is 7.13. The van der Waals surface area contributed by atoms with E-state index >= 15 is 0 Å². The third-order valence-electron chi connectivity index (χ3n) is 4.20. The van der Waals surface area contributed by atoms with Crippen molar-refractivity contribution in [2.45, 2.75) is 31.0 Å². The molecule has 1 heterocycles. The molecule has 128 valence electrons. The Morgan fingerprint density at radius 2 is 2.08 bits per heavy atom. The topological polar surface area (TPSA) is 46.9 Å². The molecule has 9 heteroatoms. The summed E-state index contributed by atoms with van der Waals surface area (Å²) in [6.07, 6.45) is 0.942. The molecular weight excluding hydrogens is 458 g/mol.